The van der Waals surface area contributed by atoms with Crippen LogP contribution >= 0.6 is 11.3 Å². The Morgan fingerprint density at radius 2 is 2.00 bits per heavy atom. The minimum atomic E-state index is 0.475. The lowest BCUT2D eigenvalue weighted by Gasteiger charge is -2.44. The van der Waals surface area contributed by atoms with Gasteiger partial charge in [0.05, 0.1) is 10.7 Å². The molecule has 0 bridgehead atoms. The normalized spacial score (nSPS) is 26.9. The topological polar surface area (TPSA) is 28.2 Å². The molecule has 1 aromatic rings. The highest BCUT2D eigenvalue weighted by molar-refractivity contribution is 7.11. The van der Waals surface area contributed by atoms with E-state index < -0.39 is 0 Å². The summed E-state index contributed by atoms with van der Waals surface area (Å²) in [5.74, 6) is 0.678. The first kappa shape index (κ1) is 14.9. The van der Waals surface area contributed by atoms with Gasteiger partial charge in [-0.25, -0.2) is 4.98 Å². The minimum Gasteiger partial charge on any atom is -0.311 e. The van der Waals surface area contributed by atoms with Gasteiger partial charge in [0.25, 0.3) is 0 Å². The zero-order valence-electron chi connectivity index (χ0n) is 13.0. The standard InChI is InChI=1S/C15H27N3S/c1-9(2)14-7-16-10(3)8-18(14)12(5)15-11(4)17-13(6)19-15/h9-10,12,14,16H,7-8H2,1-6H3. The second-order valence-corrected chi connectivity index (χ2v) is 7.41. The summed E-state index contributed by atoms with van der Waals surface area (Å²) in [6, 6.07) is 1.67. The van der Waals surface area contributed by atoms with E-state index in [1.165, 1.54) is 15.6 Å². The van der Waals surface area contributed by atoms with Gasteiger partial charge in [-0.3, -0.25) is 4.90 Å². The Morgan fingerprint density at radius 3 is 2.53 bits per heavy atom. The molecule has 3 nitrogen and oxygen atoms in total. The maximum absolute atomic E-state index is 4.59. The number of nitrogens with one attached hydrogen (secondary N) is 1. The summed E-state index contributed by atoms with van der Waals surface area (Å²) >= 11 is 1.86. The first-order valence-corrected chi connectivity index (χ1v) is 8.14. The average molecular weight is 281 g/mol. The molecule has 0 aliphatic carbocycles. The monoisotopic (exact) mass is 281 g/mol. The molecular formula is C15H27N3S. The van der Waals surface area contributed by atoms with Crippen molar-refractivity contribution in [3.63, 3.8) is 0 Å². The summed E-state index contributed by atoms with van der Waals surface area (Å²) in [4.78, 5) is 8.71. The minimum absolute atomic E-state index is 0.475. The van der Waals surface area contributed by atoms with Gasteiger partial charge in [-0.2, -0.15) is 0 Å². The van der Waals surface area contributed by atoms with Gasteiger partial charge in [0.15, 0.2) is 0 Å². The van der Waals surface area contributed by atoms with Crippen molar-refractivity contribution in [1.29, 1.82) is 0 Å². The lowest BCUT2D eigenvalue weighted by Crippen LogP contribution is -2.57. The number of hydrogen-bond donors (Lipinski definition) is 1. The van der Waals surface area contributed by atoms with Crippen molar-refractivity contribution >= 4 is 11.3 Å². The van der Waals surface area contributed by atoms with Crippen LogP contribution in [-0.2, 0) is 0 Å². The van der Waals surface area contributed by atoms with Crippen molar-refractivity contribution < 1.29 is 0 Å². The molecule has 1 aliphatic heterocycles. The van der Waals surface area contributed by atoms with E-state index in [1.807, 2.05) is 11.3 Å². The first-order valence-electron chi connectivity index (χ1n) is 7.33. The predicted molar refractivity (Wildman–Crippen MR) is 82.8 cm³/mol. The van der Waals surface area contributed by atoms with Gasteiger partial charge in [0.1, 0.15) is 0 Å². The molecule has 3 unspecified atom stereocenters. The number of nitrogens with zero attached hydrogens (tertiary/aromatic N) is 2. The van der Waals surface area contributed by atoms with Crippen LogP contribution in [-0.4, -0.2) is 35.1 Å². The number of aryl methyl sites for hydroxylation is 2. The van der Waals surface area contributed by atoms with Crippen LogP contribution in [0.2, 0.25) is 0 Å². The van der Waals surface area contributed by atoms with Crippen molar-refractivity contribution in [2.75, 3.05) is 13.1 Å². The molecule has 108 valence electrons. The number of hydrogen-bond acceptors (Lipinski definition) is 4. The number of rotatable bonds is 3. The molecule has 2 heterocycles. The molecule has 0 aromatic carbocycles. The maximum atomic E-state index is 4.59. The fraction of sp³-hybridized carbons (Fsp3) is 0.800. The Bertz CT molecular complexity index is 427. The van der Waals surface area contributed by atoms with Crippen molar-refractivity contribution in [3.8, 4) is 0 Å². The van der Waals surface area contributed by atoms with Crippen molar-refractivity contribution in [2.45, 2.75) is 59.7 Å². The molecule has 0 saturated carbocycles. The summed E-state index contributed by atoms with van der Waals surface area (Å²) in [7, 11) is 0. The Balaban J connectivity index is 2.23. The SMILES string of the molecule is Cc1nc(C)c(C(C)N2CC(C)NCC2C(C)C)s1. The van der Waals surface area contributed by atoms with E-state index in [0.717, 1.165) is 13.1 Å². The summed E-state index contributed by atoms with van der Waals surface area (Å²) in [6.07, 6.45) is 0. The largest absolute Gasteiger partial charge is 0.311 e. The van der Waals surface area contributed by atoms with Crippen LogP contribution in [0, 0.1) is 19.8 Å². The molecule has 0 spiro atoms. The number of piperazine rings is 1. The molecule has 1 saturated heterocycles. The molecule has 1 aliphatic rings. The third-order valence-electron chi connectivity index (χ3n) is 4.17. The molecule has 4 heteroatoms. The molecule has 19 heavy (non-hydrogen) atoms. The van der Waals surface area contributed by atoms with Gasteiger partial charge in [0, 0.05) is 36.1 Å². The van der Waals surface area contributed by atoms with Gasteiger partial charge in [-0.1, -0.05) is 13.8 Å². The zero-order chi connectivity index (χ0) is 14.2. The second kappa shape index (κ2) is 5.90. The average Bonchev–Trinajstić information content (AvgIpc) is 2.67. The predicted octanol–water partition coefficient (Wildman–Crippen LogP) is 3.14. The van der Waals surface area contributed by atoms with Gasteiger partial charge in [-0.05, 0) is 33.6 Å². The fourth-order valence-corrected chi connectivity index (χ4v) is 4.10. The van der Waals surface area contributed by atoms with Crippen LogP contribution in [0.5, 0.6) is 0 Å². The van der Waals surface area contributed by atoms with E-state index in [2.05, 4.69) is 56.7 Å². The fourth-order valence-electron chi connectivity index (χ4n) is 3.10. The molecule has 0 amide bonds. The van der Waals surface area contributed by atoms with Gasteiger partial charge >= 0.3 is 0 Å². The van der Waals surface area contributed by atoms with Crippen LogP contribution in [0.4, 0.5) is 0 Å². The Kier molecular flexibility index (Phi) is 4.64. The van der Waals surface area contributed by atoms with Crippen LogP contribution < -0.4 is 5.32 Å². The van der Waals surface area contributed by atoms with Crippen LogP contribution in [0.3, 0.4) is 0 Å². The quantitative estimate of drug-likeness (QED) is 0.922. The lowest BCUT2D eigenvalue weighted by atomic mass is 9.96. The molecule has 1 N–H and O–H groups in total. The van der Waals surface area contributed by atoms with E-state index in [-0.39, 0.29) is 0 Å². The molecule has 0 radical (unpaired) electrons. The smallest absolute Gasteiger partial charge is 0.0900 e. The van der Waals surface area contributed by atoms with E-state index in [4.69, 9.17) is 0 Å². The van der Waals surface area contributed by atoms with Crippen molar-refractivity contribution in [2.24, 2.45) is 5.92 Å². The molecule has 1 aromatic heterocycles. The lowest BCUT2D eigenvalue weighted by molar-refractivity contribution is 0.0668. The molecule has 1 fully saturated rings. The highest BCUT2D eigenvalue weighted by atomic mass is 32.1. The third kappa shape index (κ3) is 3.18. The van der Waals surface area contributed by atoms with E-state index in [0.29, 0.717) is 24.0 Å². The van der Waals surface area contributed by atoms with Gasteiger partial charge in [-0.15, -0.1) is 11.3 Å². The highest BCUT2D eigenvalue weighted by Gasteiger charge is 2.33. The van der Waals surface area contributed by atoms with Crippen LogP contribution in [0.25, 0.3) is 0 Å². The molecule has 2 rings (SSSR count). The van der Waals surface area contributed by atoms with Gasteiger partial charge in [0.2, 0.25) is 0 Å². The summed E-state index contributed by atoms with van der Waals surface area (Å²) < 4.78 is 0. The first-order chi connectivity index (χ1) is 8.90. The highest BCUT2D eigenvalue weighted by Crippen LogP contribution is 2.32. The number of aromatic nitrogens is 1. The van der Waals surface area contributed by atoms with Crippen LogP contribution in [0.15, 0.2) is 0 Å². The third-order valence-corrected chi connectivity index (χ3v) is 5.42. The van der Waals surface area contributed by atoms with E-state index in [1.54, 1.807) is 0 Å². The van der Waals surface area contributed by atoms with E-state index >= 15 is 0 Å². The molecular weight excluding hydrogens is 254 g/mol. The van der Waals surface area contributed by atoms with Crippen LogP contribution in [0.1, 0.15) is 49.3 Å². The van der Waals surface area contributed by atoms with Crippen molar-refractivity contribution in [1.82, 2.24) is 15.2 Å². The number of thiazole rings is 1. The summed E-state index contributed by atoms with van der Waals surface area (Å²) in [5.41, 5.74) is 1.21. The van der Waals surface area contributed by atoms with Gasteiger partial charge < -0.3 is 5.32 Å². The van der Waals surface area contributed by atoms with Crippen molar-refractivity contribution in [3.05, 3.63) is 15.6 Å². The Hall–Kier alpha value is -0.450. The Labute approximate surface area is 121 Å². The zero-order valence-corrected chi connectivity index (χ0v) is 13.8. The van der Waals surface area contributed by atoms with E-state index in [9.17, 15) is 0 Å². The summed E-state index contributed by atoms with van der Waals surface area (Å²) in [5, 5.41) is 4.80. The molecule has 3 atom stereocenters. The Morgan fingerprint density at radius 1 is 1.32 bits per heavy atom. The maximum Gasteiger partial charge on any atom is 0.0900 e. The summed E-state index contributed by atoms with van der Waals surface area (Å²) in [6.45, 7) is 15.7. The second-order valence-electron chi connectivity index (χ2n) is 6.18.